The minimum atomic E-state index is -0.129. The molecule has 1 aromatic carbocycles. The summed E-state index contributed by atoms with van der Waals surface area (Å²) >= 11 is 0. The second-order valence-corrected chi connectivity index (χ2v) is 5.50. The van der Waals surface area contributed by atoms with Crippen LogP contribution in [0.25, 0.3) is 0 Å². The zero-order valence-electron chi connectivity index (χ0n) is 11.5. The average molecular weight is 246 g/mol. The Morgan fingerprint density at radius 1 is 1.33 bits per heavy atom. The van der Waals surface area contributed by atoms with Crippen molar-refractivity contribution in [1.29, 1.82) is 0 Å². The van der Waals surface area contributed by atoms with Gasteiger partial charge in [0.2, 0.25) is 0 Å². The van der Waals surface area contributed by atoms with Gasteiger partial charge in [-0.25, -0.2) is 0 Å². The molecule has 1 aromatic rings. The van der Waals surface area contributed by atoms with E-state index in [4.69, 9.17) is 4.74 Å². The molecule has 1 aliphatic rings. The van der Waals surface area contributed by atoms with Crippen LogP contribution < -0.4 is 0 Å². The first-order chi connectivity index (χ1) is 8.60. The normalized spacial score (nSPS) is 17.9. The van der Waals surface area contributed by atoms with E-state index in [1.165, 1.54) is 17.5 Å². The number of ether oxygens (including phenoxy) is 1. The first-order valence-corrected chi connectivity index (χ1v) is 6.86. The van der Waals surface area contributed by atoms with Gasteiger partial charge in [0, 0.05) is 0 Å². The molecule has 2 heteroatoms. The van der Waals surface area contributed by atoms with Crippen molar-refractivity contribution in [2.75, 3.05) is 6.61 Å². The number of carbonyl (C=O) groups excluding carboxylic acids is 1. The quantitative estimate of drug-likeness (QED) is 0.763. The molecule has 0 fully saturated rings. The molecular formula is C16H22O2. The van der Waals surface area contributed by atoms with Crippen LogP contribution in [-0.2, 0) is 28.8 Å². The van der Waals surface area contributed by atoms with E-state index in [1.54, 1.807) is 0 Å². The van der Waals surface area contributed by atoms with Crippen LogP contribution in [-0.4, -0.2) is 12.6 Å². The average Bonchev–Trinajstić information content (AvgIpc) is 2.72. The van der Waals surface area contributed by atoms with Crippen molar-refractivity contribution in [3.8, 4) is 0 Å². The molecule has 0 heterocycles. The lowest BCUT2D eigenvalue weighted by Gasteiger charge is -2.12. The van der Waals surface area contributed by atoms with Gasteiger partial charge in [0.15, 0.2) is 0 Å². The van der Waals surface area contributed by atoms with Crippen LogP contribution in [0.2, 0.25) is 0 Å². The number of fused-ring (bicyclic) bond motifs is 1. The highest BCUT2D eigenvalue weighted by Crippen LogP contribution is 2.32. The van der Waals surface area contributed by atoms with E-state index in [2.05, 4.69) is 32.0 Å². The van der Waals surface area contributed by atoms with E-state index in [1.807, 2.05) is 6.92 Å². The largest absolute Gasteiger partial charge is 0.466 e. The highest BCUT2D eigenvalue weighted by Gasteiger charge is 2.24. The Labute approximate surface area is 109 Å². The molecule has 0 bridgehead atoms. The summed E-state index contributed by atoms with van der Waals surface area (Å²) < 4.78 is 4.99. The molecule has 0 aliphatic heterocycles. The van der Waals surface area contributed by atoms with Gasteiger partial charge in [-0.3, -0.25) is 4.79 Å². The van der Waals surface area contributed by atoms with Gasteiger partial charge in [-0.05, 0) is 48.3 Å². The summed E-state index contributed by atoms with van der Waals surface area (Å²) in [5, 5.41) is 0. The number of hydrogen-bond donors (Lipinski definition) is 0. The molecule has 0 saturated carbocycles. The van der Waals surface area contributed by atoms with Crippen LogP contribution >= 0.6 is 0 Å². The maximum atomic E-state index is 11.5. The summed E-state index contributed by atoms with van der Waals surface area (Å²) in [5.74, 6) is 1.36. The molecule has 0 N–H and O–H groups in total. The molecule has 0 radical (unpaired) electrons. The van der Waals surface area contributed by atoms with E-state index < -0.39 is 0 Å². The summed E-state index contributed by atoms with van der Waals surface area (Å²) in [7, 11) is 0. The Hall–Kier alpha value is -1.31. The molecule has 1 aliphatic carbocycles. The molecule has 2 nitrogen and oxygen atoms in total. The molecule has 0 saturated heterocycles. The van der Waals surface area contributed by atoms with Gasteiger partial charge < -0.3 is 4.74 Å². The van der Waals surface area contributed by atoms with Crippen LogP contribution in [0, 0.1) is 11.8 Å². The number of hydrogen-bond acceptors (Lipinski definition) is 2. The van der Waals surface area contributed by atoms with Gasteiger partial charge in [0.1, 0.15) is 0 Å². The smallest absolute Gasteiger partial charge is 0.310 e. The molecule has 0 aromatic heterocycles. The third-order valence-corrected chi connectivity index (χ3v) is 3.83. The molecule has 2 rings (SSSR count). The number of rotatable bonds is 4. The monoisotopic (exact) mass is 246 g/mol. The van der Waals surface area contributed by atoms with Gasteiger partial charge in [-0.2, -0.15) is 0 Å². The summed E-state index contributed by atoms with van der Waals surface area (Å²) in [6.45, 7) is 6.87. The third-order valence-electron chi connectivity index (χ3n) is 3.83. The van der Waals surface area contributed by atoms with Crippen molar-refractivity contribution in [3.05, 3.63) is 34.9 Å². The predicted molar refractivity (Wildman–Crippen MR) is 72.5 cm³/mol. The van der Waals surface area contributed by atoms with Crippen LogP contribution in [0.1, 0.15) is 37.5 Å². The molecule has 0 amide bonds. The highest BCUT2D eigenvalue weighted by atomic mass is 16.5. The first-order valence-electron chi connectivity index (χ1n) is 6.86. The van der Waals surface area contributed by atoms with Crippen molar-refractivity contribution in [3.63, 3.8) is 0 Å². The van der Waals surface area contributed by atoms with Crippen LogP contribution in [0.3, 0.4) is 0 Å². The van der Waals surface area contributed by atoms with E-state index in [-0.39, 0.29) is 5.97 Å². The van der Waals surface area contributed by atoms with E-state index in [0.29, 0.717) is 13.0 Å². The van der Waals surface area contributed by atoms with Gasteiger partial charge in [0.25, 0.3) is 0 Å². The van der Waals surface area contributed by atoms with Crippen molar-refractivity contribution in [2.45, 2.75) is 40.0 Å². The van der Waals surface area contributed by atoms with Gasteiger partial charge >= 0.3 is 5.97 Å². The van der Waals surface area contributed by atoms with Crippen molar-refractivity contribution >= 4 is 5.97 Å². The maximum absolute atomic E-state index is 11.5. The maximum Gasteiger partial charge on any atom is 0.310 e. The number of carbonyl (C=O) groups is 1. The Bertz CT molecular complexity index is 435. The minimum Gasteiger partial charge on any atom is -0.466 e. The summed E-state index contributed by atoms with van der Waals surface area (Å²) in [4.78, 5) is 11.5. The first kappa shape index (κ1) is 13.1. The minimum absolute atomic E-state index is 0.129. The highest BCUT2D eigenvalue weighted by molar-refractivity contribution is 5.72. The zero-order chi connectivity index (χ0) is 13.1. The van der Waals surface area contributed by atoms with Gasteiger partial charge in [-0.1, -0.05) is 32.0 Å². The fraction of sp³-hybridized carbons (Fsp3) is 0.562. The molecule has 18 heavy (non-hydrogen) atoms. The van der Waals surface area contributed by atoms with E-state index >= 15 is 0 Å². The molecule has 0 spiro atoms. The Balaban J connectivity index is 2.06. The lowest BCUT2D eigenvalue weighted by molar-refractivity contribution is -0.142. The lowest BCUT2D eigenvalue weighted by atomic mass is 9.93. The predicted octanol–water partition coefficient (Wildman–Crippen LogP) is 3.16. The Kier molecular flexibility index (Phi) is 4.05. The summed E-state index contributed by atoms with van der Waals surface area (Å²) in [6, 6.07) is 6.44. The van der Waals surface area contributed by atoms with Crippen molar-refractivity contribution in [2.24, 2.45) is 11.8 Å². The molecule has 1 atom stereocenters. The van der Waals surface area contributed by atoms with Gasteiger partial charge in [0.05, 0.1) is 13.0 Å². The Morgan fingerprint density at radius 3 is 2.72 bits per heavy atom. The van der Waals surface area contributed by atoms with E-state index in [0.717, 1.165) is 23.8 Å². The fourth-order valence-electron chi connectivity index (χ4n) is 2.67. The molecule has 98 valence electrons. The van der Waals surface area contributed by atoms with Crippen LogP contribution in [0.4, 0.5) is 0 Å². The van der Waals surface area contributed by atoms with Crippen molar-refractivity contribution in [1.82, 2.24) is 0 Å². The number of esters is 1. The number of benzene rings is 1. The summed E-state index contributed by atoms with van der Waals surface area (Å²) in [6.07, 6.45) is 2.74. The van der Waals surface area contributed by atoms with Crippen LogP contribution in [0.15, 0.2) is 18.2 Å². The standard InChI is InChI=1S/C16H22O2/c1-4-18-16(17)8-12-5-6-13-9-14(11(2)3)10-15(13)7-12/h5-7,11,14H,4,8-10H2,1-3H3. The Morgan fingerprint density at radius 2 is 2.06 bits per heavy atom. The van der Waals surface area contributed by atoms with Crippen molar-refractivity contribution < 1.29 is 9.53 Å². The summed E-state index contributed by atoms with van der Waals surface area (Å²) in [5.41, 5.74) is 3.97. The zero-order valence-corrected chi connectivity index (χ0v) is 11.5. The fourth-order valence-corrected chi connectivity index (χ4v) is 2.67. The molecule has 1 unspecified atom stereocenters. The van der Waals surface area contributed by atoms with Crippen LogP contribution in [0.5, 0.6) is 0 Å². The third kappa shape index (κ3) is 2.92. The molecular weight excluding hydrogens is 224 g/mol. The topological polar surface area (TPSA) is 26.3 Å². The van der Waals surface area contributed by atoms with Gasteiger partial charge in [-0.15, -0.1) is 0 Å². The lowest BCUT2D eigenvalue weighted by Crippen LogP contribution is -2.08. The SMILES string of the molecule is CCOC(=O)Cc1ccc2c(c1)CC(C(C)C)C2. The second-order valence-electron chi connectivity index (χ2n) is 5.50. The van der Waals surface area contributed by atoms with E-state index in [9.17, 15) is 4.79 Å². The second kappa shape index (κ2) is 5.55.